The molecular weight excluding hydrogens is 300 g/mol. The van der Waals surface area contributed by atoms with Crippen LogP contribution in [-0.2, 0) is 13.0 Å². The average Bonchev–Trinajstić information content (AvgIpc) is 2.64. The lowest BCUT2D eigenvalue weighted by atomic mass is 10.1. The average molecular weight is 320 g/mol. The first-order chi connectivity index (χ1) is 11.8. The van der Waals surface area contributed by atoms with E-state index in [0.717, 1.165) is 18.5 Å². The number of nitrogens with two attached hydrogens (primary N) is 1. The van der Waals surface area contributed by atoms with Crippen molar-refractivity contribution in [3.63, 3.8) is 0 Å². The molecule has 0 saturated heterocycles. The Labute approximate surface area is 141 Å². The topological polar surface area (TPSA) is 88.8 Å². The van der Waals surface area contributed by atoms with Gasteiger partial charge >= 0.3 is 0 Å². The number of anilines is 3. The zero-order valence-electron chi connectivity index (χ0n) is 13.3. The summed E-state index contributed by atoms with van der Waals surface area (Å²) in [6, 6.07) is 14.2. The van der Waals surface area contributed by atoms with Crippen LogP contribution in [0.1, 0.15) is 11.1 Å². The zero-order valence-corrected chi connectivity index (χ0v) is 13.3. The number of rotatable bonds is 7. The van der Waals surface area contributed by atoms with Crippen LogP contribution in [0.3, 0.4) is 0 Å². The van der Waals surface area contributed by atoms with Crippen molar-refractivity contribution in [2.24, 2.45) is 0 Å². The van der Waals surface area contributed by atoms with Crippen LogP contribution in [0.15, 0.2) is 61.2 Å². The summed E-state index contributed by atoms with van der Waals surface area (Å²) in [7, 11) is 0. The van der Waals surface area contributed by atoms with Gasteiger partial charge in [-0.05, 0) is 23.6 Å². The maximum absolute atomic E-state index is 6.16. The Bertz CT molecular complexity index is 761. The Kier molecular flexibility index (Phi) is 5.19. The third kappa shape index (κ3) is 4.19. The molecule has 2 heterocycles. The standard InChI is InChI=1S/C18H20N6/c19-16-17(21-10-8-14-5-2-1-3-6-14)23-13-24-18(16)22-12-15-7-4-9-20-11-15/h1-7,9,11,13H,8,10,12,19H2,(H2,21,22,23,24). The first-order valence-corrected chi connectivity index (χ1v) is 7.84. The molecule has 4 N–H and O–H groups in total. The lowest BCUT2D eigenvalue weighted by Crippen LogP contribution is -2.12. The van der Waals surface area contributed by atoms with Gasteiger partial charge in [-0.2, -0.15) is 0 Å². The molecule has 0 unspecified atom stereocenters. The summed E-state index contributed by atoms with van der Waals surface area (Å²) in [5.74, 6) is 1.27. The van der Waals surface area contributed by atoms with E-state index < -0.39 is 0 Å². The molecule has 3 rings (SSSR count). The molecule has 0 aliphatic rings. The minimum Gasteiger partial charge on any atom is -0.393 e. The van der Waals surface area contributed by atoms with E-state index in [4.69, 9.17) is 5.73 Å². The van der Waals surface area contributed by atoms with Crippen LogP contribution in [0.5, 0.6) is 0 Å². The van der Waals surface area contributed by atoms with E-state index >= 15 is 0 Å². The predicted molar refractivity (Wildman–Crippen MR) is 96.6 cm³/mol. The van der Waals surface area contributed by atoms with Gasteiger partial charge in [0.25, 0.3) is 0 Å². The summed E-state index contributed by atoms with van der Waals surface area (Å²) < 4.78 is 0. The van der Waals surface area contributed by atoms with E-state index in [2.05, 4.69) is 37.7 Å². The van der Waals surface area contributed by atoms with Crippen LogP contribution in [0.2, 0.25) is 0 Å². The van der Waals surface area contributed by atoms with Gasteiger partial charge in [0.05, 0.1) is 0 Å². The lowest BCUT2D eigenvalue weighted by Gasteiger charge is -2.12. The van der Waals surface area contributed by atoms with Crippen molar-refractivity contribution >= 4 is 17.3 Å². The fourth-order valence-corrected chi connectivity index (χ4v) is 2.34. The fraction of sp³-hybridized carbons (Fsp3) is 0.167. The summed E-state index contributed by atoms with van der Waals surface area (Å²) in [6.45, 7) is 1.37. The van der Waals surface area contributed by atoms with Gasteiger partial charge < -0.3 is 16.4 Å². The van der Waals surface area contributed by atoms with Crippen LogP contribution in [0.25, 0.3) is 0 Å². The molecular formula is C18H20N6. The molecule has 0 bridgehead atoms. The highest BCUT2D eigenvalue weighted by atomic mass is 15.1. The van der Waals surface area contributed by atoms with Gasteiger partial charge in [0.1, 0.15) is 12.0 Å². The Morgan fingerprint density at radius 3 is 2.38 bits per heavy atom. The minimum atomic E-state index is 0.523. The Morgan fingerprint density at radius 1 is 0.875 bits per heavy atom. The zero-order chi connectivity index (χ0) is 16.6. The summed E-state index contributed by atoms with van der Waals surface area (Å²) in [6.07, 6.45) is 5.97. The van der Waals surface area contributed by atoms with Gasteiger partial charge in [-0.1, -0.05) is 36.4 Å². The highest BCUT2D eigenvalue weighted by molar-refractivity contribution is 5.73. The smallest absolute Gasteiger partial charge is 0.155 e. The first-order valence-electron chi connectivity index (χ1n) is 7.84. The second kappa shape index (κ2) is 7.92. The molecule has 0 aliphatic carbocycles. The van der Waals surface area contributed by atoms with Gasteiger partial charge in [0.15, 0.2) is 11.6 Å². The molecule has 6 nitrogen and oxygen atoms in total. The monoisotopic (exact) mass is 320 g/mol. The molecule has 0 radical (unpaired) electrons. The summed E-state index contributed by atoms with van der Waals surface area (Å²) in [5.41, 5.74) is 9.02. The number of hydrogen-bond donors (Lipinski definition) is 3. The number of hydrogen-bond acceptors (Lipinski definition) is 6. The van der Waals surface area contributed by atoms with Gasteiger partial charge in [-0.3, -0.25) is 4.98 Å². The quantitative estimate of drug-likeness (QED) is 0.620. The van der Waals surface area contributed by atoms with E-state index in [9.17, 15) is 0 Å². The van der Waals surface area contributed by atoms with Gasteiger partial charge in [0, 0.05) is 25.5 Å². The van der Waals surface area contributed by atoms with Crippen LogP contribution in [0, 0.1) is 0 Å². The lowest BCUT2D eigenvalue weighted by molar-refractivity contribution is 0.997. The molecule has 0 atom stereocenters. The number of benzene rings is 1. The maximum Gasteiger partial charge on any atom is 0.155 e. The van der Waals surface area contributed by atoms with Crippen molar-refractivity contribution in [2.45, 2.75) is 13.0 Å². The Balaban J connectivity index is 1.58. The van der Waals surface area contributed by atoms with Gasteiger partial charge in [0.2, 0.25) is 0 Å². The third-order valence-electron chi connectivity index (χ3n) is 3.62. The van der Waals surface area contributed by atoms with Gasteiger partial charge in [-0.25, -0.2) is 9.97 Å². The van der Waals surface area contributed by atoms with Gasteiger partial charge in [-0.15, -0.1) is 0 Å². The van der Waals surface area contributed by atoms with Crippen molar-refractivity contribution in [1.82, 2.24) is 15.0 Å². The molecule has 2 aromatic heterocycles. The summed E-state index contributed by atoms with van der Waals surface area (Å²) >= 11 is 0. The number of nitrogens with zero attached hydrogens (tertiary/aromatic N) is 3. The van der Waals surface area contributed by atoms with Crippen molar-refractivity contribution in [1.29, 1.82) is 0 Å². The van der Waals surface area contributed by atoms with E-state index in [1.54, 1.807) is 6.20 Å². The predicted octanol–water partition coefficient (Wildman–Crippen LogP) is 2.72. The Morgan fingerprint density at radius 2 is 1.62 bits per heavy atom. The number of nitrogens with one attached hydrogen (secondary N) is 2. The molecule has 3 aromatic rings. The molecule has 0 saturated carbocycles. The van der Waals surface area contributed by atoms with E-state index in [1.165, 1.54) is 11.9 Å². The highest BCUT2D eigenvalue weighted by Gasteiger charge is 2.07. The number of pyridine rings is 1. The third-order valence-corrected chi connectivity index (χ3v) is 3.62. The Hall–Kier alpha value is -3.15. The van der Waals surface area contributed by atoms with Crippen LogP contribution >= 0.6 is 0 Å². The molecule has 0 spiro atoms. The number of aromatic nitrogens is 3. The van der Waals surface area contributed by atoms with Crippen molar-refractivity contribution in [2.75, 3.05) is 22.9 Å². The van der Waals surface area contributed by atoms with E-state index in [0.29, 0.717) is 23.9 Å². The van der Waals surface area contributed by atoms with Crippen LogP contribution in [-0.4, -0.2) is 21.5 Å². The molecule has 1 aromatic carbocycles. The molecule has 0 aliphatic heterocycles. The molecule has 0 fully saturated rings. The fourth-order valence-electron chi connectivity index (χ4n) is 2.34. The van der Waals surface area contributed by atoms with E-state index in [1.807, 2.05) is 36.5 Å². The normalized spacial score (nSPS) is 10.3. The SMILES string of the molecule is Nc1c(NCCc2ccccc2)ncnc1NCc1cccnc1. The molecule has 122 valence electrons. The molecule has 24 heavy (non-hydrogen) atoms. The number of nitrogen functional groups attached to an aromatic ring is 1. The van der Waals surface area contributed by atoms with E-state index in [-0.39, 0.29) is 0 Å². The second-order valence-electron chi connectivity index (χ2n) is 5.36. The maximum atomic E-state index is 6.16. The summed E-state index contributed by atoms with van der Waals surface area (Å²) in [5, 5.41) is 6.49. The van der Waals surface area contributed by atoms with Crippen LogP contribution < -0.4 is 16.4 Å². The van der Waals surface area contributed by atoms with Crippen molar-refractivity contribution in [3.05, 3.63) is 72.3 Å². The van der Waals surface area contributed by atoms with Crippen molar-refractivity contribution < 1.29 is 0 Å². The minimum absolute atomic E-state index is 0.523. The highest BCUT2D eigenvalue weighted by Crippen LogP contribution is 2.22. The molecule has 6 heteroatoms. The second-order valence-corrected chi connectivity index (χ2v) is 5.36. The largest absolute Gasteiger partial charge is 0.393 e. The van der Waals surface area contributed by atoms with Crippen LogP contribution in [0.4, 0.5) is 17.3 Å². The molecule has 0 amide bonds. The first kappa shape index (κ1) is 15.7. The summed E-state index contributed by atoms with van der Waals surface area (Å²) in [4.78, 5) is 12.5. The van der Waals surface area contributed by atoms with Crippen molar-refractivity contribution in [3.8, 4) is 0 Å².